The van der Waals surface area contributed by atoms with Crippen molar-refractivity contribution in [3.8, 4) is 0 Å². The number of hydrogen-bond donors (Lipinski definition) is 1. The van der Waals surface area contributed by atoms with Gasteiger partial charge in [-0.25, -0.2) is 0 Å². The van der Waals surface area contributed by atoms with E-state index in [1.54, 1.807) is 6.26 Å². The summed E-state index contributed by atoms with van der Waals surface area (Å²) in [4.78, 5) is 15.3. The fourth-order valence-electron chi connectivity index (χ4n) is 3.50. The van der Waals surface area contributed by atoms with Crippen molar-refractivity contribution >= 4 is 5.91 Å². The molecule has 1 amide bonds. The Morgan fingerprint density at radius 2 is 1.88 bits per heavy atom. The lowest BCUT2D eigenvalue weighted by molar-refractivity contribution is -0.130. The van der Waals surface area contributed by atoms with Crippen molar-refractivity contribution in [2.45, 2.75) is 24.3 Å². The SMILES string of the molecule is CN(C)[C@@H](CNC(=O)C1(c2ccccc2)CCOCC1)c1ccco1. The molecular formula is C20H26N2O3. The van der Waals surface area contributed by atoms with Crippen molar-refractivity contribution < 1.29 is 13.9 Å². The molecule has 0 aliphatic carbocycles. The summed E-state index contributed by atoms with van der Waals surface area (Å²) in [7, 11) is 3.97. The molecule has 1 aromatic carbocycles. The summed E-state index contributed by atoms with van der Waals surface area (Å²) in [6.07, 6.45) is 3.07. The second-order valence-corrected chi connectivity index (χ2v) is 6.77. The largest absolute Gasteiger partial charge is 0.468 e. The first kappa shape index (κ1) is 17.7. The van der Waals surface area contributed by atoms with E-state index in [1.165, 1.54) is 0 Å². The van der Waals surface area contributed by atoms with Gasteiger partial charge >= 0.3 is 0 Å². The van der Waals surface area contributed by atoms with Gasteiger partial charge in [-0.3, -0.25) is 9.69 Å². The van der Waals surface area contributed by atoms with Crippen molar-refractivity contribution in [1.29, 1.82) is 0 Å². The number of amides is 1. The van der Waals surface area contributed by atoms with Gasteiger partial charge in [-0.2, -0.15) is 0 Å². The van der Waals surface area contributed by atoms with Crippen LogP contribution in [0, 0.1) is 0 Å². The van der Waals surface area contributed by atoms with Crippen LogP contribution >= 0.6 is 0 Å². The average Bonchev–Trinajstić information content (AvgIpc) is 3.17. The van der Waals surface area contributed by atoms with E-state index in [4.69, 9.17) is 9.15 Å². The topological polar surface area (TPSA) is 54.7 Å². The Morgan fingerprint density at radius 1 is 1.16 bits per heavy atom. The maximum atomic E-state index is 13.2. The zero-order valence-corrected chi connectivity index (χ0v) is 14.9. The highest BCUT2D eigenvalue weighted by molar-refractivity contribution is 5.88. The number of carbonyl (C=O) groups is 1. The fourth-order valence-corrected chi connectivity index (χ4v) is 3.50. The number of nitrogens with zero attached hydrogens (tertiary/aromatic N) is 1. The monoisotopic (exact) mass is 342 g/mol. The number of benzene rings is 1. The Balaban J connectivity index is 1.77. The summed E-state index contributed by atoms with van der Waals surface area (Å²) >= 11 is 0. The van der Waals surface area contributed by atoms with Gasteiger partial charge in [0.1, 0.15) is 5.76 Å². The highest BCUT2D eigenvalue weighted by atomic mass is 16.5. The van der Waals surface area contributed by atoms with Crippen LogP contribution in [0.1, 0.15) is 30.2 Å². The minimum atomic E-state index is -0.514. The van der Waals surface area contributed by atoms with Crippen LogP contribution in [0.25, 0.3) is 0 Å². The van der Waals surface area contributed by atoms with Gasteiger partial charge in [0, 0.05) is 19.8 Å². The van der Waals surface area contributed by atoms with Crippen LogP contribution in [0.15, 0.2) is 53.1 Å². The number of ether oxygens (including phenoxy) is 1. The minimum absolute atomic E-state index is 0.00612. The van der Waals surface area contributed by atoms with Crippen molar-refractivity contribution in [2.75, 3.05) is 33.9 Å². The molecule has 1 atom stereocenters. The van der Waals surface area contributed by atoms with Gasteiger partial charge in [-0.15, -0.1) is 0 Å². The zero-order valence-electron chi connectivity index (χ0n) is 14.9. The zero-order chi connectivity index (χ0) is 17.7. The first-order chi connectivity index (χ1) is 12.1. The van der Waals surface area contributed by atoms with Crippen molar-refractivity contribution in [3.05, 3.63) is 60.1 Å². The first-order valence-electron chi connectivity index (χ1n) is 8.75. The molecule has 5 nitrogen and oxygen atoms in total. The van der Waals surface area contributed by atoms with Gasteiger partial charge in [0.05, 0.1) is 17.7 Å². The van der Waals surface area contributed by atoms with Crippen LogP contribution in [0.4, 0.5) is 0 Å². The van der Waals surface area contributed by atoms with E-state index in [9.17, 15) is 4.79 Å². The summed E-state index contributed by atoms with van der Waals surface area (Å²) < 4.78 is 11.0. The molecule has 2 aromatic rings. The number of rotatable bonds is 6. The number of hydrogen-bond acceptors (Lipinski definition) is 4. The second kappa shape index (κ2) is 7.85. The Hall–Kier alpha value is -2.11. The first-order valence-corrected chi connectivity index (χ1v) is 8.75. The lowest BCUT2D eigenvalue weighted by atomic mass is 9.73. The van der Waals surface area contributed by atoms with Crippen LogP contribution in [-0.2, 0) is 14.9 Å². The van der Waals surface area contributed by atoms with E-state index in [0.717, 1.165) is 11.3 Å². The van der Waals surface area contributed by atoms with Gasteiger partial charge < -0.3 is 14.5 Å². The van der Waals surface area contributed by atoms with Gasteiger partial charge in [0.2, 0.25) is 5.91 Å². The van der Waals surface area contributed by atoms with E-state index < -0.39 is 5.41 Å². The molecule has 0 spiro atoms. The molecule has 5 heteroatoms. The molecule has 1 saturated heterocycles. The van der Waals surface area contributed by atoms with Crippen LogP contribution in [0.2, 0.25) is 0 Å². The van der Waals surface area contributed by atoms with Gasteiger partial charge in [-0.05, 0) is 44.6 Å². The molecule has 0 radical (unpaired) electrons. The summed E-state index contributed by atoms with van der Waals surface area (Å²) in [5.41, 5.74) is 0.551. The highest BCUT2D eigenvalue weighted by Gasteiger charge is 2.41. The number of furan rings is 1. The van der Waals surface area contributed by atoms with E-state index in [-0.39, 0.29) is 11.9 Å². The smallest absolute Gasteiger partial charge is 0.230 e. The number of nitrogens with one attached hydrogen (secondary N) is 1. The molecule has 0 bridgehead atoms. The maximum absolute atomic E-state index is 13.2. The predicted octanol–water partition coefficient (Wildman–Crippen LogP) is 2.75. The van der Waals surface area contributed by atoms with Gasteiger partial charge in [0.15, 0.2) is 0 Å². The average molecular weight is 342 g/mol. The lowest BCUT2D eigenvalue weighted by Gasteiger charge is -2.37. The quantitative estimate of drug-likeness (QED) is 0.877. The molecule has 134 valence electrons. The predicted molar refractivity (Wildman–Crippen MR) is 96.3 cm³/mol. The molecule has 0 saturated carbocycles. The van der Waals surface area contributed by atoms with Crippen LogP contribution < -0.4 is 5.32 Å². The Labute approximate surface area is 149 Å². The number of likely N-dealkylation sites (N-methyl/N-ethyl adjacent to an activating group) is 1. The normalized spacial score (nSPS) is 18.0. The number of carbonyl (C=O) groups excluding carboxylic acids is 1. The summed E-state index contributed by atoms with van der Waals surface area (Å²) in [5, 5.41) is 3.17. The maximum Gasteiger partial charge on any atom is 0.230 e. The van der Waals surface area contributed by atoms with E-state index >= 15 is 0 Å². The molecule has 25 heavy (non-hydrogen) atoms. The Kier molecular flexibility index (Phi) is 5.56. The molecule has 1 N–H and O–H groups in total. The summed E-state index contributed by atoms with van der Waals surface area (Å²) in [5.74, 6) is 0.923. The fraction of sp³-hybridized carbons (Fsp3) is 0.450. The van der Waals surface area contributed by atoms with E-state index in [2.05, 4.69) is 10.2 Å². The van der Waals surface area contributed by atoms with Gasteiger partial charge in [-0.1, -0.05) is 30.3 Å². The van der Waals surface area contributed by atoms with Crippen LogP contribution in [0.3, 0.4) is 0 Å². The molecule has 0 unspecified atom stereocenters. The third-order valence-corrected chi connectivity index (χ3v) is 5.06. The summed E-state index contributed by atoms with van der Waals surface area (Å²) in [6, 6.07) is 13.9. The third kappa shape index (κ3) is 3.78. The molecule has 1 aromatic heterocycles. The minimum Gasteiger partial charge on any atom is -0.468 e. The highest BCUT2D eigenvalue weighted by Crippen LogP contribution is 2.35. The van der Waals surface area contributed by atoms with Crippen molar-refractivity contribution in [1.82, 2.24) is 10.2 Å². The standard InChI is InChI=1S/C20H26N2O3/c1-22(2)17(18-9-6-12-25-18)15-21-19(23)20(10-13-24-14-11-20)16-7-4-3-5-8-16/h3-9,12,17H,10-11,13-15H2,1-2H3,(H,21,23)/t17-/m0/s1. The molecular weight excluding hydrogens is 316 g/mol. The molecule has 1 aliphatic heterocycles. The Bertz CT molecular complexity index is 662. The molecule has 2 heterocycles. The Morgan fingerprint density at radius 3 is 2.48 bits per heavy atom. The van der Waals surface area contributed by atoms with Crippen molar-refractivity contribution in [2.24, 2.45) is 0 Å². The second-order valence-electron chi connectivity index (χ2n) is 6.77. The molecule has 3 rings (SSSR count). The van der Waals surface area contributed by atoms with E-state index in [0.29, 0.717) is 32.6 Å². The van der Waals surface area contributed by atoms with Crippen molar-refractivity contribution in [3.63, 3.8) is 0 Å². The van der Waals surface area contributed by atoms with Crippen LogP contribution in [-0.4, -0.2) is 44.7 Å². The third-order valence-electron chi connectivity index (χ3n) is 5.06. The molecule has 1 aliphatic rings. The van der Waals surface area contributed by atoms with Gasteiger partial charge in [0.25, 0.3) is 0 Å². The lowest BCUT2D eigenvalue weighted by Crippen LogP contribution is -2.49. The summed E-state index contributed by atoms with van der Waals surface area (Å²) in [6.45, 7) is 1.73. The van der Waals surface area contributed by atoms with E-state index in [1.807, 2.05) is 56.6 Å². The van der Waals surface area contributed by atoms with Crippen LogP contribution in [0.5, 0.6) is 0 Å². The molecule has 1 fully saturated rings.